The predicted molar refractivity (Wildman–Crippen MR) is 106 cm³/mol. The Morgan fingerprint density at radius 2 is 1.81 bits per heavy atom. The van der Waals surface area contributed by atoms with E-state index in [4.69, 9.17) is 0 Å². The van der Waals surface area contributed by atoms with E-state index < -0.39 is 5.54 Å². The lowest BCUT2D eigenvalue weighted by molar-refractivity contribution is -0.136. The van der Waals surface area contributed by atoms with Crippen LogP contribution < -0.4 is 5.32 Å². The summed E-state index contributed by atoms with van der Waals surface area (Å²) in [6.45, 7) is 4.20. The van der Waals surface area contributed by atoms with E-state index >= 15 is 0 Å². The first-order valence-corrected chi connectivity index (χ1v) is 9.51. The molecule has 1 aliphatic rings. The van der Waals surface area contributed by atoms with Gasteiger partial charge in [-0.1, -0.05) is 31.4 Å². The van der Waals surface area contributed by atoms with Crippen molar-refractivity contribution in [1.82, 2.24) is 9.80 Å². The molecule has 0 spiro atoms. The van der Waals surface area contributed by atoms with Gasteiger partial charge < -0.3 is 10.2 Å². The number of hydrogen-bond donors (Lipinski definition) is 1. The Bertz CT molecular complexity index is 732. The zero-order valence-corrected chi connectivity index (χ0v) is 16.8. The van der Waals surface area contributed by atoms with Gasteiger partial charge in [-0.25, -0.2) is 0 Å². The van der Waals surface area contributed by atoms with Crippen molar-refractivity contribution in [3.05, 3.63) is 29.3 Å². The first-order chi connectivity index (χ1) is 12.8. The molecule has 0 saturated heterocycles. The van der Waals surface area contributed by atoms with Crippen LogP contribution >= 0.6 is 0 Å². The van der Waals surface area contributed by atoms with E-state index in [9.17, 15) is 14.9 Å². The van der Waals surface area contributed by atoms with Crippen molar-refractivity contribution >= 4 is 17.5 Å². The Labute approximate surface area is 162 Å². The molecule has 1 aromatic carbocycles. The highest BCUT2D eigenvalue weighted by atomic mass is 16.2. The molecule has 0 bridgehead atoms. The molecule has 0 atom stereocenters. The molecule has 1 N–H and O–H groups in total. The van der Waals surface area contributed by atoms with Crippen LogP contribution in [0.4, 0.5) is 5.69 Å². The third-order valence-electron chi connectivity index (χ3n) is 5.60. The number of likely N-dealkylation sites (N-methyl/N-ethyl adjacent to an activating group) is 2. The van der Waals surface area contributed by atoms with E-state index in [2.05, 4.69) is 11.4 Å². The Hall–Kier alpha value is -2.39. The van der Waals surface area contributed by atoms with E-state index in [0.29, 0.717) is 0 Å². The minimum atomic E-state index is -0.697. The molecule has 0 aromatic heterocycles. The molecular weight excluding hydrogens is 340 g/mol. The number of carbonyl (C=O) groups is 2. The lowest BCUT2D eigenvalue weighted by Crippen LogP contribution is -2.52. The van der Waals surface area contributed by atoms with Crippen molar-refractivity contribution in [2.24, 2.45) is 0 Å². The molecule has 27 heavy (non-hydrogen) atoms. The molecular formula is C21H30N4O2. The van der Waals surface area contributed by atoms with Crippen molar-refractivity contribution in [1.29, 1.82) is 5.26 Å². The lowest BCUT2D eigenvalue weighted by Gasteiger charge is -2.39. The van der Waals surface area contributed by atoms with Crippen LogP contribution in [0.5, 0.6) is 0 Å². The third kappa shape index (κ3) is 5.08. The molecule has 0 heterocycles. The SMILES string of the molecule is Cc1cccc(NC(=O)CN(C)CC(=O)N(C)C2(C#N)CCCCC2)c1C. The summed E-state index contributed by atoms with van der Waals surface area (Å²) >= 11 is 0. The van der Waals surface area contributed by atoms with E-state index in [1.807, 2.05) is 32.0 Å². The molecule has 1 aliphatic carbocycles. The van der Waals surface area contributed by atoms with E-state index in [1.165, 1.54) is 0 Å². The molecule has 2 amide bonds. The zero-order valence-electron chi connectivity index (χ0n) is 16.8. The second kappa shape index (κ2) is 9.01. The highest BCUT2D eigenvalue weighted by Gasteiger charge is 2.38. The molecule has 1 saturated carbocycles. The number of rotatable bonds is 6. The summed E-state index contributed by atoms with van der Waals surface area (Å²) in [5, 5.41) is 12.5. The monoisotopic (exact) mass is 370 g/mol. The number of nitrogens with one attached hydrogen (secondary N) is 1. The zero-order chi connectivity index (χ0) is 20.0. The second-order valence-electron chi connectivity index (χ2n) is 7.62. The molecule has 1 aromatic rings. The van der Waals surface area contributed by atoms with Crippen LogP contribution in [0.1, 0.15) is 43.2 Å². The van der Waals surface area contributed by atoms with Crippen molar-refractivity contribution in [3.8, 4) is 6.07 Å². The fraction of sp³-hybridized carbons (Fsp3) is 0.571. The van der Waals surface area contributed by atoms with Crippen LogP contribution in [0.15, 0.2) is 18.2 Å². The summed E-state index contributed by atoms with van der Waals surface area (Å²) in [4.78, 5) is 28.3. The molecule has 1 fully saturated rings. The van der Waals surface area contributed by atoms with Crippen LogP contribution in [-0.4, -0.2) is 54.3 Å². The number of nitrogens with zero attached hydrogens (tertiary/aromatic N) is 3. The molecule has 6 heteroatoms. The van der Waals surface area contributed by atoms with Gasteiger partial charge in [0.25, 0.3) is 0 Å². The molecule has 6 nitrogen and oxygen atoms in total. The quantitative estimate of drug-likeness (QED) is 0.835. The van der Waals surface area contributed by atoms with Crippen LogP contribution in [0.3, 0.4) is 0 Å². The Kier molecular flexibility index (Phi) is 6.98. The minimum Gasteiger partial charge on any atom is -0.326 e. The van der Waals surface area contributed by atoms with Gasteiger partial charge in [-0.2, -0.15) is 5.26 Å². The lowest BCUT2D eigenvalue weighted by atomic mass is 9.81. The van der Waals surface area contributed by atoms with Crippen LogP contribution in [-0.2, 0) is 9.59 Å². The average Bonchev–Trinajstić information content (AvgIpc) is 2.65. The van der Waals surface area contributed by atoms with E-state index in [1.54, 1.807) is 23.9 Å². The maximum absolute atomic E-state index is 12.7. The summed E-state index contributed by atoms with van der Waals surface area (Å²) in [6.07, 6.45) is 4.51. The van der Waals surface area contributed by atoms with Crippen LogP contribution in [0, 0.1) is 25.2 Å². The summed E-state index contributed by atoms with van der Waals surface area (Å²) in [5.74, 6) is -0.283. The van der Waals surface area contributed by atoms with Crippen molar-refractivity contribution in [2.75, 3.05) is 32.5 Å². The van der Waals surface area contributed by atoms with Gasteiger partial charge >= 0.3 is 0 Å². The molecule has 0 unspecified atom stereocenters. The Morgan fingerprint density at radius 1 is 1.15 bits per heavy atom. The maximum atomic E-state index is 12.7. The molecule has 2 rings (SSSR count). The van der Waals surface area contributed by atoms with Gasteiger partial charge in [0.1, 0.15) is 5.54 Å². The topological polar surface area (TPSA) is 76.4 Å². The van der Waals surface area contributed by atoms with Crippen molar-refractivity contribution in [2.45, 2.75) is 51.5 Å². The predicted octanol–water partition coefficient (Wildman–Crippen LogP) is 2.86. The first kappa shape index (κ1) is 20.9. The van der Waals surface area contributed by atoms with E-state index in [-0.39, 0.29) is 24.9 Å². The van der Waals surface area contributed by atoms with Crippen LogP contribution in [0.25, 0.3) is 0 Å². The standard InChI is InChI=1S/C21H30N4O2/c1-16-9-8-10-18(17(16)2)23-19(26)13-24(3)14-20(27)25(4)21(15-22)11-6-5-7-12-21/h8-10H,5-7,11-14H2,1-4H3,(H,23,26). The average molecular weight is 370 g/mol. The number of aryl methyl sites for hydroxylation is 1. The van der Waals surface area contributed by atoms with Crippen LogP contribution in [0.2, 0.25) is 0 Å². The summed E-state index contributed by atoms with van der Waals surface area (Å²) in [6, 6.07) is 8.15. The van der Waals surface area contributed by atoms with Gasteiger partial charge in [0.2, 0.25) is 11.8 Å². The normalized spacial score (nSPS) is 15.9. The highest BCUT2D eigenvalue weighted by Crippen LogP contribution is 2.32. The van der Waals surface area contributed by atoms with Gasteiger partial charge in [-0.3, -0.25) is 14.5 Å². The third-order valence-corrected chi connectivity index (χ3v) is 5.60. The number of nitriles is 1. The molecule has 146 valence electrons. The van der Waals surface area contributed by atoms with E-state index in [0.717, 1.165) is 48.9 Å². The summed E-state index contributed by atoms with van der Waals surface area (Å²) < 4.78 is 0. The second-order valence-corrected chi connectivity index (χ2v) is 7.62. The summed E-state index contributed by atoms with van der Waals surface area (Å²) in [5.41, 5.74) is 2.25. The van der Waals surface area contributed by atoms with Gasteiger partial charge in [0.15, 0.2) is 0 Å². The Morgan fingerprint density at radius 3 is 2.44 bits per heavy atom. The fourth-order valence-electron chi connectivity index (χ4n) is 3.61. The summed E-state index contributed by atoms with van der Waals surface area (Å²) in [7, 11) is 3.45. The number of anilines is 1. The largest absolute Gasteiger partial charge is 0.326 e. The molecule has 0 radical (unpaired) electrons. The number of amides is 2. The number of hydrogen-bond acceptors (Lipinski definition) is 4. The van der Waals surface area contributed by atoms with Gasteiger partial charge in [-0.05, 0) is 50.9 Å². The minimum absolute atomic E-state index is 0.111. The maximum Gasteiger partial charge on any atom is 0.238 e. The number of carbonyl (C=O) groups excluding carboxylic acids is 2. The van der Waals surface area contributed by atoms with Gasteiger partial charge in [0, 0.05) is 12.7 Å². The van der Waals surface area contributed by atoms with Gasteiger partial charge in [0.05, 0.1) is 19.2 Å². The van der Waals surface area contributed by atoms with Crippen molar-refractivity contribution < 1.29 is 9.59 Å². The number of benzene rings is 1. The Balaban J connectivity index is 1.91. The highest BCUT2D eigenvalue weighted by molar-refractivity contribution is 5.93. The first-order valence-electron chi connectivity index (χ1n) is 9.51. The van der Waals surface area contributed by atoms with Crippen molar-refractivity contribution in [3.63, 3.8) is 0 Å². The molecule has 0 aliphatic heterocycles. The smallest absolute Gasteiger partial charge is 0.238 e. The van der Waals surface area contributed by atoms with Gasteiger partial charge in [-0.15, -0.1) is 0 Å². The fourth-order valence-corrected chi connectivity index (χ4v) is 3.61.